The topological polar surface area (TPSA) is 20.2 Å². The predicted molar refractivity (Wildman–Crippen MR) is 61.4 cm³/mol. The summed E-state index contributed by atoms with van der Waals surface area (Å²) in [4.78, 5) is 0. The van der Waals surface area contributed by atoms with Crippen LogP contribution in [-0.2, 0) is 5.60 Å². The lowest BCUT2D eigenvalue weighted by Gasteiger charge is -2.24. The highest BCUT2D eigenvalue weighted by Gasteiger charge is 2.28. The van der Waals surface area contributed by atoms with Gasteiger partial charge in [0.15, 0.2) is 0 Å². The van der Waals surface area contributed by atoms with E-state index in [1.54, 1.807) is 0 Å². The van der Waals surface area contributed by atoms with Gasteiger partial charge >= 0.3 is 0 Å². The standard InChI is InChI=1S/C14H10F4O/c1-14(19,8-2-10(15)6-11(16)3-8)9-4-12(17)7-13(18)5-9/h2-7,19H,1H3. The van der Waals surface area contributed by atoms with Crippen molar-refractivity contribution in [2.24, 2.45) is 0 Å². The number of benzene rings is 2. The number of rotatable bonds is 2. The summed E-state index contributed by atoms with van der Waals surface area (Å²) in [7, 11) is 0. The first kappa shape index (κ1) is 13.5. The zero-order valence-corrected chi connectivity index (χ0v) is 9.92. The van der Waals surface area contributed by atoms with Crippen molar-refractivity contribution in [3.63, 3.8) is 0 Å². The molecule has 0 amide bonds. The van der Waals surface area contributed by atoms with Gasteiger partial charge in [-0.1, -0.05) is 0 Å². The van der Waals surface area contributed by atoms with Crippen LogP contribution in [0.2, 0.25) is 0 Å². The molecule has 0 unspecified atom stereocenters. The minimum atomic E-state index is -1.91. The van der Waals surface area contributed by atoms with Crippen LogP contribution in [0.1, 0.15) is 18.1 Å². The molecule has 0 aliphatic carbocycles. The average molecular weight is 270 g/mol. The van der Waals surface area contributed by atoms with Crippen LogP contribution in [0.5, 0.6) is 0 Å². The van der Waals surface area contributed by atoms with Crippen molar-refractivity contribution in [1.29, 1.82) is 0 Å². The fraction of sp³-hybridized carbons (Fsp3) is 0.143. The SMILES string of the molecule is CC(O)(c1cc(F)cc(F)c1)c1cc(F)cc(F)c1. The minimum absolute atomic E-state index is 0.130. The van der Waals surface area contributed by atoms with E-state index in [1.165, 1.54) is 6.92 Å². The monoisotopic (exact) mass is 270 g/mol. The Kier molecular flexibility index (Phi) is 3.32. The molecule has 0 bridgehead atoms. The Balaban J connectivity index is 2.57. The van der Waals surface area contributed by atoms with E-state index in [9.17, 15) is 22.7 Å². The molecule has 0 aliphatic rings. The molecule has 0 saturated heterocycles. The van der Waals surface area contributed by atoms with E-state index < -0.39 is 28.9 Å². The average Bonchev–Trinajstić information content (AvgIpc) is 2.26. The second-order valence-electron chi connectivity index (χ2n) is 4.39. The van der Waals surface area contributed by atoms with Crippen LogP contribution in [0.25, 0.3) is 0 Å². The second-order valence-corrected chi connectivity index (χ2v) is 4.39. The van der Waals surface area contributed by atoms with Gasteiger partial charge in [-0.05, 0) is 42.3 Å². The molecule has 0 fully saturated rings. The van der Waals surface area contributed by atoms with E-state index in [2.05, 4.69) is 0 Å². The van der Waals surface area contributed by atoms with Gasteiger partial charge in [0.2, 0.25) is 0 Å². The summed E-state index contributed by atoms with van der Waals surface area (Å²) in [6.07, 6.45) is 0. The van der Waals surface area contributed by atoms with Gasteiger partial charge in [0, 0.05) is 12.1 Å². The first-order valence-electron chi connectivity index (χ1n) is 5.44. The molecular weight excluding hydrogens is 260 g/mol. The van der Waals surface area contributed by atoms with E-state index in [0.29, 0.717) is 12.1 Å². The van der Waals surface area contributed by atoms with Crippen LogP contribution < -0.4 is 0 Å². The summed E-state index contributed by atoms with van der Waals surface area (Å²) < 4.78 is 52.5. The van der Waals surface area contributed by atoms with Crippen molar-refractivity contribution in [3.8, 4) is 0 Å². The van der Waals surface area contributed by atoms with Gasteiger partial charge in [-0.2, -0.15) is 0 Å². The Morgan fingerprint density at radius 2 is 0.947 bits per heavy atom. The minimum Gasteiger partial charge on any atom is -0.381 e. The number of hydrogen-bond acceptors (Lipinski definition) is 1. The Labute approximate surface area is 107 Å². The van der Waals surface area contributed by atoms with Crippen molar-refractivity contribution in [2.75, 3.05) is 0 Å². The molecule has 0 heterocycles. The molecule has 0 aromatic heterocycles. The summed E-state index contributed by atoms with van der Waals surface area (Å²) in [5.41, 5.74) is -2.17. The zero-order chi connectivity index (χ0) is 14.2. The molecule has 0 aliphatic heterocycles. The molecule has 2 rings (SSSR count). The van der Waals surface area contributed by atoms with Crippen LogP contribution in [-0.4, -0.2) is 5.11 Å². The van der Waals surface area contributed by atoms with E-state index in [0.717, 1.165) is 24.3 Å². The first-order valence-corrected chi connectivity index (χ1v) is 5.44. The highest BCUT2D eigenvalue weighted by Crippen LogP contribution is 2.31. The number of hydrogen-bond donors (Lipinski definition) is 1. The van der Waals surface area contributed by atoms with Crippen molar-refractivity contribution < 1.29 is 22.7 Å². The molecule has 5 heteroatoms. The molecule has 100 valence electrons. The first-order chi connectivity index (χ1) is 8.79. The van der Waals surface area contributed by atoms with Gasteiger partial charge in [0.1, 0.15) is 28.9 Å². The third kappa shape index (κ3) is 2.76. The van der Waals surface area contributed by atoms with Crippen molar-refractivity contribution in [3.05, 3.63) is 70.8 Å². The second kappa shape index (κ2) is 4.66. The normalized spacial score (nSPS) is 11.7. The maximum atomic E-state index is 13.1. The number of halogens is 4. The van der Waals surface area contributed by atoms with Crippen molar-refractivity contribution in [1.82, 2.24) is 0 Å². The predicted octanol–water partition coefficient (Wildman–Crippen LogP) is 3.50. The molecule has 2 aromatic carbocycles. The Morgan fingerprint density at radius 3 is 1.21 bits per heavy atom. The van der Waals surface area contributed by atoms with Crippen LogP contribution in [0.3, 0.4) is 0 Å². The van der Waals surface area contributed by atoms with Crippen molar-refractivity contribution >= 4 is 0 Å². The molecule has 0 radical (unpaired) electrons. The fourth-order valence-corrected chi connectivity index (χ4v) is 1.84. The highest BCUT2D eigenvalue weighted by atomic mass is 19.1. The molecule has 1 nitrogen and oxygen atoms in total. The van der Waals surface area contributed by atoms with Gasteiger partial charge < -0.3 is 5.11 Å². The van der Waals surface area contributed by atoms with E-state index >= 15 is 0 Å². The Hall–Kier alpha value is -1.88. The van der Waals surface area contributed by atoms with Gasteiger partial charge in [-0.3, -0.25) is 0 Å². The summed E-state index contributed by atoms with van der Waals surface area (Å²) >= 11 is 0. The molecule has 0 atom stereocenters. The Bertz CT molecular complexity index is 529. The highest BCUT2D eigenvalue weighted by molar-refractivity contribution is 5.36. The lowest BCUT2D eigenvalue weighted by Crippen LogP contribution is -2.23. The molecule has 0 spiro atoms. The molecule has 1 N–H and O–H groups in total. The molecule has 19 heavy (non-hydrogen) atoms. The van der Waals surface area contributed by atoms with E-state index in [1.807, 2.05) is 0 Å². The third-order valence-corrected chi connectivity index (χ3v) is 2.85. The fourth-order valence-electron chi connectivity index (χ4n) is 1.84. The molecular formula is C14H10F4O. The van der Waals surface area contributed by atoms with E-state index in [4.69, 9.17) is 0 Å². The lowest BCUT2D eigenvalue weighted by molar-refractivity contribution is 0.101. The Morgan fingerprint density at radius 1 is 0.684 bits per heavy atom. The van der Waals surface area contributed by atoms with Gasteiger partial charge in [-0.25, -0.2) is 17.6 Å². The van der Waals surface area contributed by atoms with Crippen LogP contribution >= 0.6 is 0 Å². The van der Waals surface area contributed by atoms with Crippen LogP contribution in [0.4, 0.5) is 17.6 Å². The van der Waals surface area contributed by atoms with Crippen molar-refractivity contribution in [2.45, 2.75) is 12.5 Å². The zero-order valence-electron chi connectivity index (χ0n) is 9.92. The largest absolute Gasteiger partial charge is 0.381 e. The summed E-state index contributed by atoms with van der Waals surface area (Å²) in [6.45, 7) is 1.20. The summed E-state index contributed by atoms with van der Waals surface area (Å²) in [5, 5.41) is 10.3. The quantitative estimate of drug-likeness (QED) is 0.828. The smallest absolute Gasteiger partial charge is 0.126 e. The summed E-state index contributed by atoms with van der Waals surface area (Å²) in [6, 6.07) is 4.92. The maximum Gasteiger partial charge on any atom is 0.126 e. The van der Waals surface area contributed by atoms with Gasteiger partial charge in [0.05, 0.1) is 0 Å². The van der Waals surface area contributed by atoms with Gasteiger partial charge in [0.25, 0.3) is 0 Å². The summed E-state index contributed by atoms with van der Waals surface area (Å²) in [5.74, 6) is -3.53. The van der Waals surface area contributed by atoms with E-state index in [-0.39, 0.29) is 11.1 Å². The molecule has 0 saturated carbocycles. The van der Waals surface area contributed by atoms with Gasteiger partial charge in [-0.15, -0.1) is 0 Å². The van der Waals surface area contributed by atoms with Crippen LogP contribution in [0.15, 0.2) is 36.4 Å². The molecule has 2 aromatic rings. The maximum absolute atomic E-state index is 13.1. The third-order valence-electron chi connectivity index (χ3n) is 2.85. The number of aliphatic hydroxyl groups is 1. The lowest BCUT2D eigenvalue weighted by atomic mass is 9.88. The van der Waals surface area contributed by atoms with Crippen LogP contribution in [0, 0.1) is 23.3 Å².